The van der Waals surface area contributed by atoms with E-state index in [-0.39, 0.29) is 24.0 Å². The minimum absolute atomic E-state index is 0.0218. The molecule has 0 aliphatic carbocycles. The van der Waals surface area contributed by atoms with E-state index in [0.29, 0.717) is 19.6 Å². The van der Waals surface area contributed by atoms with Crippen LogP contribution in [0.1, 0.15) is 181 Å². The molecule has 0 fully saturated rings. The van der Waals surface area contributed by atoms with Crippen molar-refractivity contribution in [3.63, 3.8) is 0 Å². The normalized spacial score (nSPS) is 12.6. The molecule has 0 unspecified atom stereocenters. The Labute approximate surface area is 320 Å². The summed E-state index contributed by atoms with van der Waals surface area (Å²) in [6.07, 6.45) is 46.7. The second-order valence-corrected chi connectivity index (χ2v) is 14.4. The van der Waals surface area contributed by atoms with Gasteiger partial charge in [0.15, 0.2) is 0 Å². The van der Waals surface area contributed by atoms with E-state index in [1.807, 2.05) is 14.1 Å². The largest absolute Gasteiger partial charge is 0.466 e. The van der Waals surface area contributed by atoms with Crippen molar-refractivity contribution < 1.29 is 28.6 Å². The number of carbonyl (C=O) groups excluding carboxylic acids is 3. The van der Waals surface area contributed by atoms with E-state index in [4.69, 9.17) is 14.2 Å². The lowest BCUT2D eigenvalue weighted by atomic mass is 10.0. The lowest BCUT2D eigenvalue weighted by molar-refractivity contribution is -0.150. The molecule has 0 spiro atoms. The van der Waals surface area contributed by atoms with Crippen LogP contribution in [0.25, 0.3) is 0 Å². The molecule has 0 aliphatic heterocycles. The van der Waals surface area contributed by atoms with Crippen molar-refractivity contribution in [3.8, 4) is 0 Å². The minimum atomic E-state index is -0.195. The molecule has 0 aliphatic rings. The molecule has 7 nitrogen and oxygen atoms in total. The van der Waals surface area contributed by atoms with Gasteiger partial charge in [-0.15, -0.1) is 0 Å². The molecule has 0 saturated heterocycles. The number of rotatable bonds is 37. The van der Waals surface area contributed by atoms with Gasteiger partial charge in [0.1, 0.15) is 6.10 Å². The predicted octanol–water partition coefficient (Wildman–Crippen LogP) is 12.0. The molecule has 0 aromatic rings. The lowest BCUT2D eigenvalue weighted by Gasteiger charge is -2.18. The van der Waals surface area contributed by atoms with Crippen molar-refractivity contribution in [2.75, 3.05) is 33.9 Å². The zero-order chi connectivity index (χ0) is 38.2. The maximum atomic E-state index is 12.6. The molecule has 0 N–H and O–H groups in total. The first kappa shape index (κ1) is 49.3. The Morgan fingerprint density at radius 3 is 1.23 bits per heavy atom. The second kappa shape index (κ2) is 39.5. The second-order valence-electron chi connectivity index (χ2n) is 14.4. The van der Waals surface area contributed by atoms with Gasteiger partial charge in [-0.3, -0.25) is 14.4 Å². The summed E-state index contributed by atoms with van der Waals surface area (Å²) in [5.41, 5.74) is 0. The monoisotopic (exact) mass is 730 g/mol. The molecular weight excluding hydrogens is 650 g/mol. The van der Waals surface area contributed by atoms with Gasteiger partial charge in [0.2, 0.25) is 0 Å². The van der Waals surface area contributed by atoms with Crippen molar-refractivity contribution in [1.82, 2.24) is 4.90 Å². The van der Waals surface area contributed by atoms with Gasteiger partial charge in [-0.1, -0.05) is 100.0 Å². The highest BCUT2D eigenvalue weighted by Gasteiger charge is 2.14. The Bertz CT molecular complexity index is 891. The zero-order valence-corrected chi connectivity index (χ0v) is 34.1. The van der Waals surface area contributed by atoms with Crippen LogP contribution in [0.4, 0.5) is 0 Å². The standard InChI is InChI=1S/C45H79NO6/c1-42(47)50-40-33-29-25-21-17-13-9-5-7-11-15-19-23-27-31-36-44(52-45(49)38-35-39-46(3)4)37-32-28-24-20-16-12-8-6-10-14-18-22-26-30-34-41-51-43(2)48/h5-6,9-10,17-18,21-22,44H,7-8,11-16,19-20,23-41H2,1-4H3. The maximum Gasteiger partial charge on any atom is 0.306 e. The van der Waals surface area contributed by atoms with Gasteiger partial charge in [-0.05, 0) is 130 Å². The summed E-state index contributed by atoms with van der Waals surface area (Å²) in [5, 5.41) is 0. The first-order valence-corrected chi connectivity index (χ1v) is 21.0. The third-order valence-corrected chi connectivity index (χ3v) is 8.93. The summed E-state index contributed by atoms with van der Waals surface area (Å²) in [5.74, 6) is -0.413. The number of unbranched alkanes of at least 4 members (excludes halogenated alkanes) is 16. The van der Waals surface area contributed by atoms with Gasteiger partial charge >= 0.3 is 17.9 Å². The van der Waals surface area contributed by atoms with Crippen LogP contribution in [0.5, 0.6) is 0 Å². The molecule has 52 heavy (non-hydrogen) atoms. The Kier molecular flexibility index (Phi) is 37.5. The number of allylic oxidation sites excluding steroid dienone is 8. The first-order chi connectivity index (χ1) is 25.3. The maximum absolute atomic E-state index is 12.6. The molecule has 7 heteroatoms. The lowest BCUT2D eigenvalue weighted by Crippen LogP contribution is -2.20. The van der Waals surface area contributed by atoms with Crippen LogP contribution >= 0.6 is 0 Å². The quantitative estimate of drug-likeness (QED) is 0.0272. The van der Waals surface area contributed by atoms with E-state index in [1.54, 1.807) is 0 Å². The number of hydrogen-bond acceptors (Lipinski definition) is 7. The van der Waals surface area contributed by atoms with Gasteiger partial charge in [0.05, 0.1) is 13.2 Å². The number of ether oxygens (including phenoxy) is 3. The topological polar surface area (TPSA) is 82.1 Å². The van der Waals surface area contributed by atoms with Crippen LogP contribution in [0, 0.1) is 0 Å². The molecule has 0 saturated carbocycles. The molecule has 300 valence electrons. The Balaban J connectivity index is 3.99. The summed E-state index contributed by atoms with van der Waals surface area (Å²) < 4.78 is 15.9. The van der Waals surface area contributed by atoms with Gasteiger partial charge < -0.3 is 19.1 Å². The highest BCUT2D eigenvalue weighted by atomic mass is 16.5. The fraction of sp³-hybridized carbons (Fsp3) is 0.756. The molecule has 0 atom stereocenters. The van der Waals surface area contributed by atoms with E-state index < -0.39 is 0 Å². The van der Waals surface area contributed by atoms with Crippen molar-refractivity contribution in [2.24, 2.45) is 0 Å². The number of esters is 3. The molecule has 0 rings (SSSR count). The molecular formula is C45H79NO6. The van der Waals surface area contributed by atoms with Gasteiger partial charge in [0.25, 0.3) is 0 Å². The van der Waals surface area contributed by atoms with Crippen molar-refractivity contribution >= 4 is 17.9 Å². The molecule has 0 aromatic heterocycles. The van der Waals surface area contributed by atoms with Crippen molar-refractivity contribution in [1.29, 1.82) is 0 Å². The highest BCUT2D eigenvalue weighted by molar-refractivity contribution is 5.69. The molecule has 0 heterocycles. The smallest absolute Gasteiger partial charge is 0.306 e. The molecule has 0 amide bonds. The SMILES string of the molecule is CC(=O)OCCCCC=CCC=CCCCCCCCCC(CCCCCCCCC=CCC=CCCCCOC(C)=O)OC(=O)CCCN(C)C. The van der Waals surface area contributed by atoms with Crippen molar-refractivity contribution in [3.05, 3.63) is 48.6 Å². The third kappa shape index (κ3) is 41.7. The Morgan fingerprint density at radius 1 is 0.481 bits per heavy atom. The van der Waals surface area contributed by atoms with E-state index in [1.165, 1.54) is 78.1 Å². The fourth-order valence-electron chi connectivity index (χ4n) is 5.90. The summed E-state index contributed by atoms with van der Waals surface area (Å²) in [6.45, 7) is 4.89. The molecule has 0 bridgehead atoms. The Hall–Kier alpha value is -2.67. The summed E-state index contributed by atoms with van der Waals surface area (Å²) >= 11 is 0. The minimum Gasteiger partial charge on any atom is -0.466 e. The zero-order valence-electron chi connectivity index (χ0n) is 34.1. The van der Waals surface area contributed by atoms with E-state index in [9.17, 15) is 14.4 Å². The summed E-state index contributed by atoms with van der Waals surface area (Å²) in [6, 6.07) is 0. The summed E-state index contributed by atoms with van der Waals surface area (Å²) in [7, 11) is 4.09. The van der Waals surface area contributed by atoms with Crippen LogP contribution < -0.4 is 0 Å². The number of hydrogen-bond donors (Lipinski definition) is 0. The molecule has 0 radical (unpaired) electrons. The van der Waals surface area contributed by atoms with Crippen LogP contribution in [-0.2, 0) is 28.6 Å². The van der Waals surface area contributed by atoms with Crippen LogP contribution in [0.2, 0.25) is 0 Å². The average Bonchev–Trinajstić information content (AvgIpc) is 3.09. The van der Waals surface area contributed by atoms with Crippen LogP contribution in [0.3, 0.4) is 0 Å². The van der Waals surface area contributed by atoms with Crippen LogP contribution in [0.15, 0.2) is 48.6 Å². The number of carbonyl (C=O) groups is 3. The van der Waals surface area contributed by atoms with E-state index >= 15 is 0 Å². The highest BCUT2D eigenvalue weighted by Crippen LogP contribution is 2.18. The number of nitrogens with zero attached hydrogens (tertiary/aromatic N) is 1. The average molecular weight is 730 g/mol. The van der Waals surface area contributed by atoms with E-state index in [2.05, 4.69) is 53.5 Å². The molecule has 0 aromatic carbocycles. The van der Waals surface area contributed by atoms with Crippen LogP contribution in [-0.4, -0.2) is 62.8 Å². The first-order valence-electron chi connectivity index (χ1n) is 21.0. The fourth-order valence-corrected chi connectivity index (χ4v) is 5.90. The van der Waals surface area contributed by atoms with E-state index in [0.717, 1.165) is 103 Å². The predicted molar refractivity (Wildman–Crippen MR) is 218 cm³/mol. The van der Waals surface area contributed by atoms with Gasteiger partial charge in [0, 0.05) is 20.3 Å². The van der Waals surface area contributed by atoms with Crippen molar-refractivity contribution in [2.45, 2.75) is 187 Å². The third-order valence-electron chi connectivity index (χ3n) is 8.93. The Morgan fingerprint density at radius 2 is 0.846 bits per heavy atom. The van der Waals surface area contributed by atoms with Gasteiger partial charge in [-0.25, -0.2) is 0 Å². The van der Waals surface area contributed by atoms with Gasteiger partial charge in [-0.2, -0.15) is 0 Å². The summed E-state index contributed by atoms with van der Waals surface area (Å²) in [4.78, 5) is 36.2.